The summed E-state index contributed by atoms with van der Waals surface area (Å²) in [6.45, 7) is 2.48. The fourth-order valence-electron chi connectivity index (χ4n) is 1.98. The van der Waals surface area contributed by atoms with E-state index in [-0.39, 0.29) is 5.97 Å². The van der Waals surface area contributed by atoms with Gasteiger partial charge in [-0.1, -0.05) is 23.2 Å². The Morgan fingerprint density at radius 3 is 2.62 bits per heavy atom. The van der Waals surface area contributed by atoms with Crippen molar-refractivity contribution in [2.75, 3.05) is 12.4 Å². The van der Waals surface area contributed by atoms with E-state index < -0.39 is 0 Å². The first-order valence-electron chi connectivity index (χ1n) is 6.38. The molecule has 5 heteroatoms. The molecular formula is C16H15Cl2NO2. The molecule has 2 aromatic rings. The van der Waals surface area contributed by atoms with Crippen LogP contribution in [-0.4, -0.2) is 13.1 Å². The second kappa shape index (κ2) is 6.83. The van der Waals surface area contributed by atoms with E-state index in [1.165, 1.54) is 7.11 Å². The molecule has 0 aliphatic heterocycles. The van der Waals surface area contributed by atoms with E-state index in [2.05, 4.69) is 5.32 Å². The predicted molar refractivity (Wildman–Crippen MR) is 86.3 cm³/mol. The SMILES string of the molecule is COC(=O)c1ccc(NCc2cc(Cl)ccc2Cl)c(C)c1. The first kappa shape index (κ1) is 15.7. The Kier molecular flexibility index (Phi) is 5.10. The van der Waals surface area contributed by atoms with E-state index in [1.54, 1.807) is 24.3 Å². The number of halogens is 2. The van der Waals surface area contributed by atoms with Crippen molar-refractivity contribution < 1.29 is 9.53 Å². The summed E-state index contributed by atoms with van der Waals surface area (Å²) in [4.78, 5) is 11.5. The van der Waals surface area contributed by atoms with Crippen molar-refractivity contribution >= 4 is 34.9 Å². The summed E-state index contributed by atoms with van der Waals surface area (Å²) in [5.74, 6) is -0.345. The smallest absolute Gasteiger partial charge is 0.337 e. The average Bonchev–Trinajstić information content (AvgIpc) is 2.48. The van der Waals surface area contributed by atoms with Crippen molar-refractivity contribution in [2.45, 2.75) is 13.5 Å². The minimum atomic E-state index is -0.345. The summed E-state index contributed by atoms with van der Waals surface area (Å²) in [5.41, 5.74) is 3.33. The van der Waals surface area contributed by atoms with Gasteiger partial charge in [-0.2, -0.15) is 0 Å². The first-order chi connectivity index (χ1) is 10.0. The maximum Gasteiger partial charge on any atom is 0.337 e. The third kappa shape index (κ3) is 3.90. The lowest BCUT2D eigenvalue weighted by Gasteiger charge is -2.12. The van der Waals surface area contributed by atoms with Crippen LogP contribution in [-0.2, 0) is 11.3 Å². The molecule has 0 aliphatic rings. The van der Waals surface area contributed by atoms with Crippen LogP contribution in [0.4, 0.5) is 5.69 Å². The van der Waals surface area contributed by atoms with Gasteiger partial charge in [-0.05, 0) is 54.4 Å². The number of methoxy groups -OCH3 is 1. The summed E-state index contributed by atoms with van der Waals surface area (Å²) < 4.78 is 4.70. The number of esters is 1. The molecule has 2 rings (SSSR count). The number of carbonyl (C=O) groups excluding carboxylic acids is 1. The quantitative estimate of drug-likeness (QED) is 0.829. The van der Waals surface area contributed by atoms with Crippen LogP contribution in [0.2, 0.25) is 10.0 Å². The normalized spacial score (nSPS) is 10.3. The molecule has 0 saturated carbocycles. The minimum Gasteiger partial charge on any atom is -0.465 e. The van der Waals surface area contributed by atoms with Crippen molar-refractivity contribution in [3.8, 4) is 0 Å². The summed E-state index contributed by atoms with van der Waals surface area (Å²) in [7, 11) is 1.37. The van der Waals surface area contributed by atoms with Gasteiger partial charge in [0.2, 0.25) is 0 Å². The molecule has 0 atom stereocenters. The molecule has 0 aromatic heterocycles. The Morgan fingerprint density at radius 2 is 1.95 bits per heavy atom. The van der Waals surface area contributed by atoms with Crippen molar-refractivity contribution in [2.24, 2.45) is 0 Å². The summed E-state index contributed by atoms with van der Waals surface area (Å²) in [5, 5.41) is 4.60. The molecule has 0 fully saturated rings. The van der Waals surface area contributed by atoms with Gasteiger partial charge in [0.05, 0.1) is 12.7 Å². The number of carbonyl (C=O) groups is 1. The van der Waals surface area contributed by atoms with Crippen LogP contribution in [0.5, 0.6) is 0 Å². The topological polar surface area (TPSA) is 38.3 Å². The Bertz CT molecular complexity index is 671. The van der Waals surface area contributed by atoms with Gasteiger partial charge < -0.3 is 10.1 Å². The highest BCUT2D eigenvalue weighted by molar-refractivity contribution is 6.33. The number of benzene rings is 2. The Labute approximate surface area is 133 Å². The number of anilines is 1. The number of rotatable bonds is 4. The lowest BCUT2D eigenvalue weighted by molar-refractivity contribution is 0.0600. The van der Waals surface area contributed by atoms with Gasteiger partial charge in [-0.25, -0.2) is 4.79 Å². The van der Waals surface area contributed by atoms with Crippen molar-refractivity contribution in [1.29, 1.82) is 0 Å². The van der Waals surface area contributed by atoms with Crippen LogP contribution >= 0.6 is 23.2 Å². The zero-order valence-corrected chi connectivity index (χ0v) is 13.3. The Balaban J connectivity index is 2.13. The lowest BCUT2D eigenvalue weighted by Crippen LogP contribution is -2.05. The monoisotopic (exact) mass is 323 g/mol. The van der Waals surface area contributed by atoms with Gasteiger partial charge in [0.1, 0.15) is 0 Å². The van der Waals surface area contributed by atoms with Gasteiger partial charge in [-0.15, -0.1) is 0 Å². The average molecular weight is 324 g/mol. The molecule has 21 heavy (non-hydrogen) atoms. The first-order valence-corrected chi connectivity index (χ1v) is 7.13. The molecule has 0 saturated heterocycles. The highest BCUT2D eigenvalue weighted by atomic mass is 35.5. The second-order valence-electron chi connectivity index (χ2n) is 4.61. The maximum absolute atomic E-state index is 11.5. The number of hydrogen-bond donors (Lipinski definition) is 1. The predicted octanol–water partition coefficient (Wildman–Crippen LogP) is 4.70. The van der Waals surface area contributed by atoms with E-state index in [4.69, 9.17) is 27.9 Å². The van der Waals surface area contributed by atoms with Crippen LogP contribution in [0.1, 0.15) is 21.5 Å². The minimum absolute atomic E-state index is 0.345. The van der Waals surface area contributed by atoms with Crippen LogP contribution in [0.3, 0.4) is 0 Å². The molecule has 110 valence electrons. The molecular weight excluding hydrogens is 309 g/mol. The standard InChI is InChI=1S/C16H15Cl2NO2/c1-10-7-11(16(20)21-2)3-6-15(10)19-9-12-8-13(17)4-5-14(12)18/h3-8,19H,9H2,1-2H3. The molecule has 0 unspecified atom stereocenters. The van der Waals surface area contributed by atoms with Gasteiger partial charge in [0.15, 0.2) is 0 Å². The molecule has 0 bridgehead atoms. The highest BCUT2D eigenvalue weighted by Gasteiger charge is 2.08. The van der Waals surface area contributed by atoms with Gasteiger partial charge >= 0.3 is 5.97 Å². The van der Waals surface area contributed by atoms with E-state index in [0.29, 0.717) is 22.2 Å². The van der Waals surface area contributed by atoms with E-state index in [1.807, 2.05) is 19.1 Å². The number of hydrogen-bond acceptors (Lipinski definition) is 3. The van der Waals surface area contributed by atoms with Crippen LogP contribution < -0.4 is 5.32 Å². The van der Waals surface area contributed by atoms with Crippen molar-refractivity contribution in [1.82, 2.24) is 0 Å². The molecule has 0 spiro atoms. The third-order valence-corrected chi connectivity index (χ3v) is 3.73. The van der Waals surface area contributed by atoms with Gasteiger partial charge in [0, 0.05) is 22.3 Å². The summed E-state index contributed by atoms with van der Waals surface area (Å²) in [6.07, 6.45) is 0. The lowest BCUT2D eigenvalue weighted by atomic mass is 10.1. The Morgan fingerprint density at radius 1 is 1.19 bits per heavy atom. The number of nitrogens with one attached hydrogen (secondary N) is 1. The summed E-state index contributed by atoms with van der Waals surface area (Å²) in [6, 6.07) is 10.7. The molecule has 2 aromatic carbocycles. The Hall–Kier alpha value is -1.71. The fourth-order valence-corrected chi connectivity index (χ4v) is 2.36. The fraction of sp³-hybridized carbons (Fsp3) is 0.188. The van der Waals surface area contributed by atoms with Crippen LogP contribution in [0.25, 0.3) is 0 Å². The zero-order chi connectivity index (χ0) is 15.4. The van der Waals surface area contributed by atoms with Crippen LogP contribution in [0.15, 0.2) is 36.4 Å². The number of aryl methyl sites for hydroxylation is 1. The second-order valence-corrected chi connectivity index (χ2v) is 5.45. The number of ether oxygens (including phenoxy) is 1. The van der Waals surface area contributed by atoms with Crippen LogP contribution in [0, 0.1) is 6.92 Å². The van der Waals surface area contributed by atoms with E-state index in [9.17, 15) is 4.79 Å². The molecule has 0 radical (unpaired) electrons. The maximum atomic E-state index is 11.5. The zero-order valence-electron chi connectivity index (χ0n) is 11.7. The molecule has 3 nitrogen and oxygen atoms in total. The summed E-state index contributed by atoms with van der Waals surface area (Å²) >= 11 is 12.1. The largest absolute Gasteiger partial charge is 0.465 e. The molecule has 1 N–H and O–H groups in total. The van der Waals surface area contributed by atoms with E-state index >= 15 is 0 Å². The third-order valence-electron chi connectivity index (χ3n) is 3.12. The molecule has 0 amide bonds. The molecule has 0 heterocycles. The van der Waals surface area contributed by atoms with Crippen molar-refractivity contribution in [3.05, 3.63) is 63.1 Å². The van der Waals surface area contributed by atoms with E-state index in [0.717, 1.165) is 16.8 Å². The van der Waals surface area contributed by atoms with Gasteiger partial charge in [-0.3, -0.25) is 0 Å². The highest BCUT2D eigenvalue weighted by Crippen LogP contribution is 2.23. The van der Waals surface area contributed by atoms with Gasteiger partial charge in [0.25, 0.3) is 0 Å². The molecule has 0 aliphatic carbocycles. The van der Waals surface area contributed by atoms with Crippen molar-refractivity contribution in [3.63, 3.8) is 0 Å².